The summed E-state index contributed by atoms with van der Waals surface area (Å²) in [6, 6.07) is 6.13. The lowest BCUT2D eigenvalue weighted by atomic mass is 10.1. The number of aromatic nitrogens is 2. The molecule has 1 aromatic carbocycles. The molecular formula is C19H26N4O4. The number of methoxy groups -OCH3 is 1. The fourth-order valence-electron chi connectivity index (χ4n) is 2.96. The van der Waals surface area contributed by atoms with Gasteiger partial charge in [0.2, 0.25) is 0 Å². The van der Waals surface area contributed by atoms with Crippen molar-refractivity contribution in [3.63, 3.8) is 0 Å². The number of ether oxygens (including phenoxy) is 1. The minimum absolute atomic E-state index is 0.00305. The van der Waals surface area contributed by atoms with Crippen molar-refractivity contribution in [1.82, 2.24) is 14.5 Å². The van der Waals surface area contributed by atoms with Gasteiger partial charge in [-0.05, 0) is 32.0 Å². The average Bonchev–Trinajstić information content (AvgIpc) is 2.57. The van der Waals surface area contributed by atoms with E-state index in [9.17, 15) is 14.4 Å². The van der Waals surface area contributed by atoms with Crippen molar-refractivity contribution < 1.29 is 9.53 Å². The zero-order valence-corrected chi connectivity index (χ0v) is 16.2. The van der Waals surface area contributed by atoms with Crippen molar-refractivity contribution in [2.24, 2.45) is 0 Å². The Labute approximate surface area is 157 Å². The Morgan fingerprint density at radius 3 is 2.63 bits per heavy atom. The molecule has 0 amide bonds. The third-order valence-electron chi connectivity index (χ3n) is 4.39. The van der Waals surface area contributed by atoms with Crippen LogP contribution >= 0.6 is 0 Å². The molecule has 0 fully saturated rings. The molecule has 2 aromatic rings. The third-order valence-corrected chi connectivity index (χ3v) is 4.39. The number of nitrogen functional groups attached to an aromatic ring is 1. The van der Waals surface area contributed by atoms with Crippen molar-refractivity contribution >= 4 is 11.6 Å². The summed E-state index contributed by atoms with van der Waals surface area (Å²) in [7, 11) is 3.28. The smallest absolute Gasteiger partial charge is 0.330 e. The maximum atomic E-state index is 12.7. The maximum Gasteiger partial charge on any atom is 0.330 e. The summed E-state index contributed by atoms with van der Waals surface area (Å²) in [5.74, 6) is -0.571. The van der Waals surface area contributed by atoms with E-state index in [4.69, 9.17) is 10.5 Å². The second-order valence-corrected chi connectivity index (χ2v) is 6.69. The standard InChI is InChI=1S/C19H26N4O4/c1-12-5-6-14(13(2)9-12)10-22(3)11-15(24)16-17(20)23(7-8-27-4)19(26)21-18(16)25/h5-6,9H,7-8,10-11,20H2,1-4H3,(H,21,25,26). The molecule has 0 radical (unpaired) electrons. The van der Waals surface area contributed by atoms with Crippen molar-refractivity contribution in [3.05, 3.63) is 61.3 Å². The highest BCUT2D eigenvalue weighted by molar-refractivity contribution is 6.01. The molecule has 0 saturated carbocycles. The summed E-state index contributed by atoms with van der Waals surface area (Å²) in [4.78, 5) is 40.7. The van der Waals surface area contributed by atoms with Gasteiger partial charge in [0, 0.05) is 13.7 Å². The highest BCUT2D eigenvalue weighted by Gasteiger charge is 2.20. The largest absolute Gasteiger partial charge is 0.384 e. The first-order chi connectivity index (χ1) is 12.7. The van der Waals surface area contributed by atoms with Crippen molar-refractivity contribution in [2.75, 3.05) is 33.0 Å². The number of ketones is 1. The summed E-state index contributed by atoms with van der Waals surface area (Å²) >= 11 is 0. The maximum absolute atomic E-state index is 12.7. The fourth-order valence-corrected chi connectivity index (χ4v) is 2.96. The number of rotatable bonds is 8. The summed E-state index contributed by atoms with van der Waals surface area (Å²) < 4.78 is 6.08. The topological polar surface area (TPSA) is 110 Å². The van der Waals surface area contributed by atoms with Gasteiger partial charge in [0.05, 0.1) is 19.7 Å². The number of benzene rings is 1. The Bertz CT molecular complexity index is 946. The van der Waals surface area contributed by atoms with Crippen LogP contribution in [0, 0.1) is 13.8 Å². The van der Waals surface area contributed by atoms with Gasteiger partial charge in [-0.25, -0.2) is 4.79 Å². The molecule has 146 valence electrons. The number of aromatic amines is 1. The van der Waals surface area contributed by atoms with E-state index >= 15 is 0 Å². The Morgan fingerprint density at radius 2 is 2.00 bits per heavy atom. The Morgan fingerprint density at radius 1 is 1.30 bits per heavy atom. The fraction of sp³-hybridized carbons (Fsp3) is 0.421. The molecule has 0 unspecified atom stereocenters. The first-order valence-corrected chi connectivity index (χ1v) is 8.64. The molecule has 3 N–H and O–H groups in total. The van der Waals surface area contributed by atoms with E-state index in [1.807, 2.05) is 30.9 Å². The highest BCUT2D eigenvalue weighted by atomic mass is 16.5. The van der Waals surface area contributed by atoms with Crippen molar-refractivity contribution in [2.45, 2.75) is 26.9 Å². The molecule has 0 atom stereocenters. The normalized spacial score (nSPS) is 11.1. The second-order valence-electron chi connectivity index (χ2n) is 6.69. The minimum Gasteiger partial charge on any atom is -0.384 e. The van der Waals surface area contributed by atoms with E-state index in [-0.39, 0.29) is 31.1 Å². The van der Waals surface area contributed by atoms with Crippen molar-refractivity contribution in [1.29, 1.82) is 0 Å². The average molecular weight is 374 g/mol. The van der Waals surface area contributed by atoms with Gasteiger partial charge in [-0.3, -0.25) is 24.0 Å². The zero-order valence-electron chi connectivity index (χ0n) is 16.2. The van der Waals surface area contributed by atoms with E-state index in [1.54, 1.807) is 7.05 Å². The second kappa shape index (κ2) is 8.79. The number of carbonyl (C=O) groups excluding carboxylic acids is 1. The lowest BCUT2D eigenvalue weighted by Crippen LogP contribution is -2.39. The predicted molar refractivity (Wildman–Crippen MR) is 104 cm³/mol. The lowest BCUT2D eigenvalue weighted by molar-refractivity contribution is 0.0941. The minimum atomic E-state index is -0.768. The van der Waals surface area contributed by atoms with E-state index in [2.05, 4.69) is 11.1 Å². The first-order valence-electron chi connectivity index (χ1n) is 8.64. The van der Waals surface area contributed by atoms with E-state index < -0.39 is 17.0 Å². The van der Waals surface area contributed by atoms with Crippen LogP contribution in [0.25, 0.3) is 0 Å². The monoisotopic (exact) mass is 374 g/mol. The van der Waals surface area contributed by atoms with E-state index in [1.165, 1.54) is 12.7 Å². The molecule has 1 aromatic heterocycles. The van der Waals surface area contributed by atoms with Gasteiger partial charge < -0.3 is 10.5 Å². The molecule has 0 aliphatic heterocycles. The summed E-state index contributed by atoms with van der Waals surface area (Å²) in [6.45, 7) is 4.99. The van der Waals surface area contributed by atoms with Gasteiger partial charge in [-0.2, -0.15) is 0 Å². The Hall–Kier alpha value is -2.71. The number of nitrogens with zero attached hydrogens (tertiary/aromatic N) is 2. The quantitative estimate of drug-likeness (QED) is 0.658. The number of aryl methyl sites for hydroxylation is 2. The van der Waals surface area contributed by atoms with Gasteiger partial charge in [0.15, 0.2) is 5.78 Å². The van der Waals surface area contributed by atoms with Crippen LogP contribution in [-0.2, 0) is 17.8 Å². The number of nitrogens with one attached hydrogen (secondary N) is 1. The molecule has 27 heavy (non-hydrogen) atoms. The molecule has 0 spiro atoms. The number of Topliss-reactive ketones (excluding diaryl/α,β-unsaturated/α-hetero) is 1. The molecule has 0 saturated heterocycles. The van der Waals surface area contributed by atoms with Crippen LogP contribution < -0.4 is 17.0 Å². The van der Waals surface area contributed by atoms with E-state index in [0.717, 1.165) is 15.7 Å². The molecule has 0 aliphatic carbocycles. The first kappa shape index (κ1) is 20.6. The van der Waals surface area contributed by atoms with Gasteiger partial charge in [0.1, 0.15) is 11.4 Å². The number of likely N-dealkylation sites (N-methyl/N-ethyl adjacent to an activating group) is 1. The van der Waals surface area contributed by atoms with E-state index in [0.29, 0.717) is 6.54 Å². The molecular weight excluding hydrogens is 348 g/mol. The van der Waals surface area contributed by atoms with Crippen molar-refractivity contribution in [3.8, 4) is 0 Å². The SMILES string of the molecule is COCCn1c(N)c(C(=O)CN(C)Cc2ccc(C)cc2C)c(=O)[nH]c1=O. The summed E-state index contributed by atoms with van der Waals surface area (Å²) in [5.41, 5.74) is 7.73. The highest BCUT2D eigenvalue weighted by Crippen LogP contribution is 2.13. The number of nitrogens with two attached hydrogens (primary N) is 1. The van der Waals surface area contributed by atoms with Crippen LogP contribution in [0.3, 0.4) is 0 Å². The number of hydrogen-bond acceptors (Lipinski definition) is 6. The van der Waals surface area contributed by atoms with Gasteiger partial charge in [0.25, 0.3) is 5.56 Å². The zero-order chi connectivity index (χ0) is 20.1. The number of hydrogen-bond donors (Lipinski definition) is 2. The molecule has 8 nitrogen and oxygen atoms in total. The van der Waals surface area contributed by atoms with Gasteiger partial charge >= 0.3 is 5.69 Å². The predicted octanol–water partition coefficient (Wildman–Crippen LogP) is 0.697. The molecule has 0 aliphatic rings. The van der Waals surface area contributed by atoms with Crippen LogP contribution in [0.5, 0.6) is 0 Å². The molecule has 1 heterocycles. The molecule has 8 heteroatoms. The van der Waals surface area contributed by atoms with Crippen LogP contribution in [-0.4, -0.2) is 47.5 Å². The number of anilines is 1. The van der Waals surface area contributed by atoms with Crippen LogP contribution in [0.15, 0.2) is 27.8 Å². The molecule has 2 rings (SSSR count). The van der Waals surface area contributed by atoms with Crippen LogP contribution in [0.2, 0.25) is 0 Å². The van der Waals surface area contributed by atoms with Crippen LogP contribution in [0.1, 0.15) is 27.0 Å². The Balaban J connectivity index is 2.22. The van der Waals surface area contributed by atoms with Gasteiger partial charge in [-0.15, -0.1) is 0 Å². The summed E-state index contributed by atoms with van der Waals surface area (Å²) in [5, 5.41) is 0. The number of carbonyl (C=O) groups is 1. The summed E-state index contributed by atoms with van der Waals surface area (Å²) in [6.07, 6.45) is 0. The number of H-pyrrole nitrogens is 1. The lowest BCUT2D eigenvalue weighted by Gasteiger charge is -2.18. The van der Waals surface area contributed by atoms with Gasteiger partial charge in [-0.1, -0.05) is 23.8 Å². The Kier molecular flexibility index (Phi) is 6.70. The molecule has 0 bridgehead atoms. The van der Waals surface area contributed by atoms with Crippen LogP contribution in [0.4, 0.5) is 5.82 Å². The third kappa shape index (κ3) is 4.93.